The molecule has 0 aliphatic heterocycles. The monoisotopic (exact) mass is 234 g/mol. The van der Waals surface area contributed by atoms with Gasteiger partial charge in [0.2, 0.25) is 0 Å². The summed E-state index contributed by atoms with van der Waals surface area (Å²) in [5.74, 6) is 0.754. The van der Waals surface area contributed by atoms with E-state index in [4.69, 9.17) is 0 Å². The predicted octanol–water partition coefficient (Wildman–Crippen LogP) is 2.91. The van der Waals surface area contributed by atoms with Gasteiger partial charge in [0.1, 0.15) is 0 Å². The molecule has 0 atom stereocenters. The van der Waals surface area contributed by atoms with Crippen LogP contribution in [0.25, 0.3) is 11.4 Å². The Morgan fingerprint density at radius 1 is 1.00 bits per heavy atom. The molecular formula is C10H7BrN2. The smallest absolute Gasteiger partial charge is 0.159 e. The van der Waals surface area contributed by atoms with Gasteiger partial charge in [0.05, 0.1) is 0 Å². The molecule has 0 spiro atoms. The Balaban J connectivity index is 2.48. The van der Waals surface area contributed by atoms with Gasteiger partial charge in [0, 0.05) is 22.4 Å². The van der Waals surface area contributed by atoms with Gasteiger partial charge < -0.3 is 0 Å². The summed E-state index contributed by atoms with van der Waals surface area (Å²) in [6.07, 6.45) is 3.48. The van der Waals surface area contributed by atoms with Crippen molar-refractivity contribution >= 4 is 15.9 Å². The van der Waals surface area contributed by atoms with Crippen molar-refractivity contribution in [1.82, 2.24) is 9.97 Å². The first-order valence-corrected chi connectivity index (χ1v) is 4.68. The van der Waals surface area contributed by atoms with E-state index in [1.807, 2.05) is 30.3 Å². The van der Waals surface area contributed by atoms with Crippen LogP contribution in [0.2, 0.25) is 0 Å². The van der Waals surface area contributed by atoms with Crippen LogP contribution in [-0.2, 0) is 0 Å². The summed E-state index contributed by atoms with van der Waals surface area (Å²) < 4.78 is 1.04. The molecule has 13 heavy (non-hydrogen) atoms. The quantitative estimate of drug-likeness (QED) is 0.759. The minimum atomic E-state index is 0.754. The zero-order valence-corrected chi connectivity index (χ0v) is 8.40. The van der Waals surface area contributed by atoms with Crippen LogP contribution < -0.4 is 0 Å². The zero-order chi connectivity index (χ0) is 9.10. The fourth-order valence-corrected chi connectivity index (χ4v) is 1.47. The molecular weight excluding hydrogens is 228 g/mol. The maximum atomic E-state index is 4.16. The highest BCUT2D eigenvalue weighted by atomic mass is 79.9. The molecule has 0 unspecified atom stereocenters. The molecule has 2 nitrogen and oxygen atoms in total. The Morgan fingerprint density at radius 2 is 1.77 bits per heavy atom. The molecule has 0 amide bonds. The van der Waals surface area contributed by atoms with Crippen LogP contribution in [0.15, 0.2) is 47.2 Å². The number of hydrogen-bond donors (Lipinski definition) is 0. The zero-order valence-electron chi connectivity index (χ0n) is 6.81. The Labute approximate surface area is 84.8 Å². The lowest BCUT2D eigenvalue weighted by molar-refractivity contribution is 1.18. The van der Waals surface area contributed by atoms with Crippen LogP contribution in [0.4, 0.5) is 0 Å². The van der Waals surface area contributed by atoms with E-state index < -0.39 is 0 Å². The van der Waals surface area contributed by atoms with Crippen LogP contribution in [0.3, 0.4) is 0 Å². The minimum absolute atomic E-state index is 0.754. The molecule has 3 heteroatoms. The first kappa shape index (κ1) is 8.38. The average Bonchev–Trinajstić information content (AvgIpc) is 2.19. The highest BCUT2D eigenvalue weighted by Crippen LogP contribution is 2.18. The normalized spacial score (nSPS) is 9.92. The highest BCUT2D eigenvalue weighted by molar-refractivity contribution is 9.10. The molecule has 0 N–H and O–H groups in total. The van der Waals surface area contributed by atoms with Crippen LogP contribution in [0.5, 0.6) is 0 Å². The summed E-state index contributed by atoms with van der Waals surface area (Å²) >= 11 is 3.40. The van der Waals surface area contributed by atoms with Crippen molar-refractivity contribution in [1.29, 1.82) is 0 Å². The van der Waals surface area contributed by atoms with E-state index in [1.165, 1.54) is 0 Å². The van der Waals surface area contributed by atoms with E-state index in [0.717, 1.165) is 15.9 Å². The standard InChI is InChI=1S/C10H7BrN2/c11-9-4-1-3-8(7-9)10-12-5-2-6-13-10/h1-7H. The summed E-state index contributed by atoms with van der Waals surface area (Å²) in [4.78, 5) is 8.32. The highest BCUT2D eigenvalue weighted by Gasteiger charge is 1.98. The lowest BCUT2D eigenvalue weighted by atomic mass is 10.2. The predicted molar refractivity (Wildman–Crippen MR) is 55.2 cm³/mol. The van der Waals surface area contributed by atoms with Crippen molar-refractivity contribution in [2.75, 3.05) is 0 Å². The van der Waals surface area contributed by atoms with Gasteiger partial charge in [-0.3, -0.25) is 0 Å². The number of nitrogens with zero attached hydrogens (tertiary/aromatic N) is 2. The maximum absolute atomic E-state index is 4.16. The molecule has 1 aromatic carbocycles. The van der Waals surface area contributed by atoms with Crippen LogP contribution in [-0.4, -0.2) is 9.97 Å². The van der Waals surface area contributed by atoms with Gasteiger partial charge in [-0.05, 0) is 18.2 Å². The molecule has 0 aliphatic carbocycles. The molecule has 2 rings (SSSR count). The van der Waals surface area contributed by atoms with E-state index in [1.54, 1.807) is 12.4 Å². The Hall–Kier alpha value is -1.22. The average molecular weight is 235 g/mol. The molecule has 1 aromatic heterocycles. The third kappa shape index (κ3) is 1.92. The molecule has 0 bridgehead atoms. The van der Waals surface area contributed by atoms with Crippen molar-refractivity contribution in [2.45, 2.75) is 0 Å². The van der Waals surface area contributed by atoms with Crippen LogP contribution in [0.1, 0.15) is 0 Å². The van der Waals surface area contributed by atoms with Crippen molar-refractivity contribution in [3.8, 4) is 11.4 Å². The molecule has 0 radical (unpaired) electrons. The topological polar surface area (TPSA) is 25.8 Å². The Morgan fingerprint density at radius 3 is 2.46 bits per heavy atom. The molecule has 0 saturated heterocycles. The van der Waals surface area contributed by atoms with Gasteiger partial charge >= 0.3 is 0 Å². The lowest BCUT2D eigenvalue weighted by Gasteiger charge is -1.98. The van der Waals surface area contributed by atoms with E-state index in [-0.39, 0.29) is 0 Å². The Kier molecular flexibility index (Phi) is 2.36. The van der Waals surface area contributed by atoms with E-state index in [9.17, 15) is 0 Å². The van der Waals surface area contributed by atoms with Gasteiger partial charge in [-0.15, -0.1) is 0 Å². The van der Waals surface area contributed by atoms with Crippen molar-refractivity contribution in [3.05, 3.63) is 47.2 Å². The minimum Gasteiger partial charge on any atom is -0.237 e. The van der Waals surface area contributed by atoms with Gasteiger partial charge in [-0.2, -0.15) is 0 Å². The summed E-state index contributed by atoms with van der Waals surface area (Å²) in [5, 5.41) is 0. The van der Waals surface area contributed by atoms with E-state index in [2.05, 4.69) is 25.9 Å². The molecule has 0 aliphatic rings. The van der Waals surface area contributed by atoms with Gasteiger partial charge in [0.25, 0.3) is 0 Å². The molecule has 2 aromatic rings. The molecule has 1 heterocycles. The Bertz CT molecular complexity index is 401. The molecule has 0 saturated carbocycles. The SMILES string of the molecule is Brc1cccc(-c2ncccn2)c1. The van der Waals surface area contributed by atoms with Crippen molar-refractivity contribution in [3.63, 3.8) is 0 Å². The number of benzene rings is 1. The second-order valence-corrected chi connectivity index (χ2v) is 3.50. The fraction of sp³-hybridized carbons (Fsp3) is 0. The number of hydrogen-bond acceptors (Lipinski definition) is 2. The first-order valence-electron chi connectivity index (χ1n) is 3.89. The molecule has 0 fully saturated rings. The second-order valence-electron chi connectivity index (χ2n) is 2.58. The van der Waals surface area contributed by atoms with Gasteiger partial charge in [0.15, 0.2) is 5.82 Å². The lowest BCUT2D eigenvalue weighted by Crippen LogP contribution is -1.85. The number of halogens is 1. The first-order chi connectivity index (χ1) is 6.36. The summed E-state index contributed by atoms with van der Waals surface area (Å²) in [6.45, 7) is 0. The summed E-state index contributed by atoms with van der Waals surface area (Å²) in [5.41, 5.74) is 1.02. The van der Waals surface area contributed by atoms with Crippen LogP contribution >= 0.6 is 15.9 Å². The van der Waals surface area contributed by atoms with Gasteiger partial charge in [-0.25, -0.2) is 9.97 Å². The van der Waals surface area contributed by atoms with Crippen molar-refractivity contribution in [2.24, 2.45) is 0 Å². The van der Waals surface area contributed by atoms with Crippen LogP contribution in [0, 0.1) is 0 Å². The van der Waals surface area contributed by atoms with E-state index >= 15 is 0 Å². The summed E-state index contributed by atoms with van der Waals surface area (Å²) in [7, 11) is 0. The third-order valence-electron chi connectivity index (χ3n) is 1.65. The maximum Gasteiger partial charge on any atom is 0.159 e. The van der Waals surface area contributed by atoms with Gasteiger partial charge in [-0.1, -0.05) is 28.1 Å². The van der Waals surface area contributed by atoms with Crippen molar-refractivity contribution < 1.29 is 0 Å². The summed E-state index contributed by atoms with van der Waals surface area (Å²) in [6, 6.07) is 9.74. The third-order valence-corrected chi connectivity index (χ3v) is 2.14. The second kappa shape index (κ2) is 3.66. The largest absolute Gasteiger partial charge is 0.237 e. The fourth-order valence-electron chi connectivity index (χ4n) is 1.08. The number of rotatable bonds is 1. The molecule has 64 valence electrons. The van der Waals surface area contributed by atoms with E-state index in [0.29, 0.717) is 0 Å². The number of aromatic nitrogens is 2.